The van der Waals surface area contributed by atoms with Crippen LogP contribution in [0.1, 0.15) is 64.4 Å². The summed E-state index contributed by atoms with van der Waals surface area (Å²) in [6.45, 7) is 0.923. The third-order valence-electron chi connectivity index (χ3n) is 12.9. The number of pyridine rings is 1. The molecule has 0 spiro atoms. The van der Waals surface area contributed by atoms with Gasteiger partial charge >= 0.3 is 18.7 Å². The molecule has 0 radical (unpaired) electrons. The topological polar surface area (TPSA) is 134 Å². The Kier molecular flexibility index (Phi) is 14.5. The summed E-state index contributed by atoms with van der Waals surface area (Å²) in [7, 11) is 0. The normalized spacial score (nSPS) is 19.2. The summed E-state index contributed by atoms with van der Waals surface area (Å²) in [6.07, 6.45) is 4.75. The van der Waals surface area contributed by atoms with Gasteiger partial charge in [0.15, 0.2) is 23.9 Å². The van der Waals surface area contributed by atoms with Crippen LogP contribution in [-0.4, -0.2) is 79.8 Å². The van der Waals surface area contributed by atoms with Gasteiger partial charge in [-0.3, -0.25) is 19.4 Å². The molecule has 5 fully saturated rings. The molecule has 5 heterocycles. The lowest BCUT2D eigenvalue weighted by Crippen LogP contribution is -2.53. The molecule has 2 amide bonds. The molecule has 2 bridgehead atoms. The maximum Gasteiger partial charge on any atom is 0.414 e. The average molecular weight is 972 g/mol. The highest BCUT2D eigenvalue weighted by atomic mass is 35.5. The molecule has 13 nitrogen and oxygen atoms in total. The van der Waals surface area contributed by atoms with E-state index in [4.69, 9.17) is 46.9 Å². The largest absolute Gasteiger partial charge is 0.619 e. The van der Waals surface area contributed by atoms with Crippen LogP contribution in [0.3, 0.4) is 0 Å². The van der Waals surface area contributed by atoms with Gasteiger partial charge in [-0.1, -0.05) is 71.7 Å². The van der Waals surface area contributed by atoms with E-state index in [-0.39, 0.29) is 65.8 Å². The minimum absolute atomic E-state index is 0.0468. The summed E-state index contributed by atoms with van der Waals surface area (Å²) >= 11 is 12.8. The standard InChI is InChI=1S/C51H50Cl2F2N4O9/c52-42-27-58(63)28-43(53)41(42)23-45(37-14-17-44(67-50(54)55)46(22-37)65-31-33-6-7-33)66-49(61)38-25-57(26-38)48(60)36-12-8-34(9-13-36)30-64-40-15-10-32(11-16-40)24-59(39-4-2-1-3-5-39)51(62)68-47-29-56-20-18-35(47)19-21-56/h1-5,8-17,22,27-28,33,35,38,45,47,50H,6-7,18-21,23-26,29-31H2/t45?,47-/m0/s1. The van der Waals surface area contributed by atoms with Gasteiger partial charge in [-0.25, -0.2) is 4.79 Å². The van der Waals surface area contributed by atoms with Crippen molar-refractivity contribution < 1.29 is 51.6 Å². The molecule has 10 rings (SSSR count). The first-order chi connectivity index (χ1) is 32.9. The van der Waals surface area contributed by atoms with Crippen LogP contribution in [-0.2, 0) is 33.8 Å². The van der Waals surface area contributed by atoms with E-state index in [1.165, 1.54) is 18.2 Å². The van der Waals surface area contributed by atoms with Crippen molar-refractivity contribution in [3.05, 3.63) is 153 Å². The average Bonchev–Trinajstić information content (AvgIpc) is 4.16. The van der Waals surface area contributed by atoms with Gasteiger partial charge in [-0.15, -0.1) is 0 Å². The van der Waals surface area contributed by atoms with Crippen LogP contribution in [0.25, 0.3) is 0 Å². The zero-order valence-corrected chi connectivity index (χ0v) is 38.5. The molecule has 17 heteroatoms. The minimum Gasteiger partial charge on any atom is -0.619 e. The molecule has 1 aromatic heterocycles. The highest BCUT2D eigenvalue weighted by molar-refractivity contribution is 6.35. The van der Waals surface area contributed by atoms with E-state index in [0.29, 0.717) is 52.2 Å². The number of carbonyl (C=O) groups is 3. The van der Waals surface area contributed by atoms with Gasteiger partial charge in [-0.05, 0) is 116 Å². The Labute approximate surface area is 402 Å². The summed E-state index contributed by atoms with van der Waals surface area (Å²) in [6, 6.07) is 28.4. The fourth-order valence-corrected chi connectivity index (χ4v) is 9.36. The number of anilines is 1. The Morgan fingerprint density at radius 3 is 2.15 bits per heavy atom. The molecule has 2 atom stereocenters. The van der Waals surface area contributed by atoms with Gasteiger partial charge in [0.25, 0.3) is 5.91 Å². The van der Waals surface area contributed by atoms with Crippen LogP contribution in [0.4, 0.5) is 19.3 Å². The zero-order valence-electron chi connectivity index (χ0n) is 37.0. The molecule has 4 saturated heterocycles. The number of hydrogen-bond donors (Lipinski definition) is 0. The smallest absolute Gasteiger partial charge is 0.414 e. The predicted molar refractivity (Wildman–Crippen MR) is 248 cm³/mol. The lowest BCUT2D eigenvalue weighted by Gasteiger charge is -2.44. The van der Waals surface area contributed by atoms with E-state index < -0.39 is 24.6 Å². The van der Waals surface area contributed by atoms with Gasteiger partial charge in [0.2, 0.25) is 0 Å². The first kappa shape index (κ1) is 46.9. The number of aromatic nitrogens is 1. The van der Waals surface area contributed by atoms with E-state index in [1.54, 1.807) is 21.9 Å². The highest BCUT2D eigenvalue weighted by Crippen LogP contribution is 2.39. The number of hydrogen-bond acceptors (Lipinski definition) is 10. The molecule has 1 aliphatic carbocycles. The number of likely N-dealkylation sites (tertiary alicyclic amines) is 1. The van der Waals surface area contributed by atoms with Crippen LogP contribution < -0.4 is 23.8 Å². The molecule has 356 valence electrons. The molecule has 4 aromatic carbocycles. The first-order valence-electron chi connectivity index (χ1n) is 22.8. The first-order valence-corrected chi connectivity index (χ1v) is 23.5. The van der Waals surface area contributed by atoms with Crippen LogP contribution in [0, 0.1) is 23.0 Å². The van der Waals surface area contributed by atoms with Crippen molar-refractivity contribution in [3.8, 4) is 17.2 Å². The van der Waals surface area contributed by atoms with Gasteiger partial charge in [0.05, 0.1) is 19.1 Å². The summed E-state index contributed by atoms with van der Waals surface area (Å²) in [5.41, 5.74) is 3.68. The molecule has 0 N–H and O–H groups in total. The molecule has 1 saturated carbocycles. The summed E-state index contributed by atoms with van der Waals surface area (Å²) < 4.78 is 55.8. The van der Waals surface area contributed by atoms with Crippen LogP contribution in [0.5, 0.6) is 17.2 Å². The van der Waals surface area contributed by atoms with E-state index in [2.05, 4.69) is 4.90 Å². The Balaban J connectivity index is 0.786. The molecule has 5 aliphatic rings. The second-order valence-electron chi connectivity index (χ2n) is 17.8. The van der Waals surface area contributed by atoms with E-state index in [0.717, 1.165) is 74.5 Å². The quantitative estimate of drug-likeness (QED) is 0.0475. The monoisotopic (exact) mass is 970 g/mol. The highest BCUT2D eigenvalue weighted by Gasteiger charge is 2.40. The molecular weight excluding hydrogens is 921 g/mol. The summed E-state index contributed by atoms with van der Waals surface area (Å²) in [5.74, 6) is -0.253. The molecule has 1 unspecified atom stereocenters. The number of amides is 2. The van der Waals surface area contributed by atoms with Gasteiger partial charge < -0.3 is 33.8 Å². The second-order valence-corrected chi connectivity index (χ2v) is 18.6. The van der Waals surface area contributed by atoms with Gasteiger partial charge in [-0.2, -0.15) is 13.5 Å². The van der Waals surface area contributed by atoms with Crippen molar-refractivity contribution in [2.24, 2.45) is 17.8 Å². The number of para-hydroxylation sites is 1. The van der Waals surface area contributed by atoms with Crippen molar-refractivity contribution in [1.82, 2.24) is 9.80 Å². The van der Waals surface area contributed by atoms with E-state index in [1.807, 2.05) is 66.7 Å². The third kappa shape index (κ3) is 11.6. The fourth-order valence-electron chi connectivity index (χ4n) is 8.76. The predicted octanol–water partition coefficient (Wildman–Crippen LogP) is 9.43. The van der Waals surface area contributed by atoms with E-state index >= 15 is 0 Å². The fraction of sp³-hybridized carbons (Fsp3) is 0.373. The summed E-state index contributed by atoms with van der Waals surface area (Å²) in [4.78, 5) is 46.3. The number of ether oxygens (including phenoxy) is 5. The van der Waals surface area contributed by atoms with Crippen molar-refractivity contribution in [1.29, 1.82) is 0 Å². The Morgan fingerprint density at radius 1 is 0.809 bits per heavy atom. The number of benzene rings is 4. The summed E-state index contributed by atoms with van der Waals surface area (Å²) in [5, 5.41) is 12.1. The minimum atomic E-state index is -3.09. The number of carbonyl (C=O) groups excluding carboxylic acids is 3. The van der Waals surface area contributed by atoms with E-state index in [9.17, 15) is 28.4 Å². The third-order valence-corrected chi connectivity index (χ3v) is 13.6. The lowest BCUT2D eigenvalue weighted by molar-refractivity contribution is -0.605. The Hall–Kier alpha value is -6.16. The molecular formula is C51H50Cl2F2N4O9. The van der Waals surface area contributed by atoms with Crippen molar-refractivity contribution in [3.63, 3.8) is 0 Å². The van der Waals surface area contributed by atoms with Crippen molar-refractivity contribution >= 4 is 46.9 Å². The lowest BCUT2D eigenvalue weighted by atomic mass is 9.86. The van der Waals surface area contributed by atoms with Gasteiger partial charge in [0, 0.05) is 42.9 Å². The maximum absolute atomic E-state index is 13.7. The van der Waals surface area contributed by atoms with Crippen molar-refractivity contribution in [2.45, 2.75) is 64.1 Å². The van der Waals surface area contributed by atoms with Crippen LogP contribution >= 0.6 is 23.2 Å². The van der Waals surface area contributed by atoms with Crippen LogP contribution in [0.15, 0.2) is 109 Å². The molecule has 5 aromatic rings. The number of esters is 1. The van der Waals surface area contributed by atoms with Crippen molar-refractivity contribution in [2.75, 3.05) is 44.2 Å². The number of nitrogens with zero attached hydrogens (tertiary/aromatic N) is 4. The number of fused-ring (bicyclic) bond motifs is 3. The van der Waals surface area contributed by atoms with Crippen LogP contribution in [0.2, 0.25) is 10.0 Å². The Morgan fingerprint density at radius 2 is 1.50 bits per heavy atom. The maximum atomic E-state index is 13.7. The number of alkyl halides is 2. The second kappa shape index (κ2) is 21.0. The number of rotatable bonds is 18. The Bertz CT molecular complexity index is 2550. The van der Waals surface area contributed by atoms with Gasteiger partial charge in [0.1, 0.15) is 34.6 Å². The number of halogens is 4. The zero-order chi connectivity index (χ0) is 47.3. The number of piperidine rings is 3. The molecule has 4 aliphatic heterocycles. The molecule has 68 heavy (non-hydrogen) atoms. The SMILES string of the molecule is O=C(OC(Cc1c(Cl)c[n+]([O-])cc1Cl)c1ccc(OC(F)F)c(OCC2CC2)c1)C1CN(C(=O)c2ccc(COc3ccc(CN(C(=O)O[C@H]4CN5CCC4CC5)c4ccccc4)cc3)cc2)C1.